The van der Waals surface area contributed by atoms with Gasteiger partial charge in [0, 0.05) is 18.6 Å². The monoisotopic (exact) mass is 256 g/mol. The topological polar surface area (TPSA) is 66.9 Å². The number of urea groups is 1. The van der Waals surface area contributed by atoms with E-state index in [2.05, 4.69) is 36.5 Å². The Bertz CT molecular complexity index is 336. The minimum atomic E-state index is -0.370. The number of anilines is 1. The van der Waals surface area contributed by atoms with Crippen LogP contribution >= 0.6 is 15.9 Å². The number of nitrogens with one attached hydrogen (secondary N) is 2. The summed E-state index contributed by atoms with van der Waals surface area (Å²) in [5.41, 5.74) is 0. The predicted octanol–water partition coefficient (Wildman–Crippen LogP) is 1.89. The molecule has 0 aliphatic heterocycles. The van der Waals surface area contributed by atoms with E-state index in [0.717, 1.165) is 4.47 Å². The third kappa shape index (κ3) is 3.53. The molecule has 0 unspecified atom stereocenters. The summed E-state index contributed by atoms with van der Waals surface area (Å²) in [5, 5.41) is 4.93. The number of nitrogens with zero attached hydrogens (tertiary/aromatic N) is 2. The average Bonchev–Trinajstić information content (AvgIpc) is 2.18. The molecule has 5 nitrogen and oxygen atoms in total. The van der Waals surface area contributed by atoms with Crippen LogP contribution in [0, 0.1) is 0 Å². The van der Waals surface area contributed by atoms with Crippen molar-refractivity contribution >= 4 is 27.9 Å². The van der Waals surface area contributed by atoms with Gasteiger partial charge in [0.2, 0.25) is 5.95 Å². The van der Waals surface area contributed by atoms with E-state index in [9.17, 15) is 4.79 Å². The van der Waals surface area contributed by atoms with E-state index < -0.39 is 0 Å². The van der Waals surface area contributed by atoms with Crippen LogP contribution in [-0.4, -0.2) is 16.0 Å². The van der Waals surface area contributed by atoms with Crippen LogP contribution in [0.25, 0.3) is 0 Å². The highest BCUT2D eigenvalue weighted by atomic mass is 79.9. The molecule has 74 valence electrons. The molecule has 2 amide bonds. The fourth-order valence-electron chi connectivity index (χ4n) is 0.673. The van der Waals surface area contributed by atoms with Gasteiger partial charge in [0.05, 0.1) is 4.47 Å². The summed E-state index contributed by atoms with van der Waals surface area (Å²) in [5.74, 6) is 0.259. The predicted molar refractivity (Wildman–Crippen MR) is 56.7 cm³/mol. The number of hydrogen-bond donors (Lipinski definition) is 2. The molecule has 0 aromatic carbocycles. The molecular weight excluding hydrogens is 248 g/mol. The molecule has 0 radical (unpaired) electrons. The molecular formula is C8H9BrN4O. The molecule has 0 bridgehead atoms. The van der Waals surface area contributed by atoms with Gasteiger partial charge in [-0.2, -0.15) is 0 Å². The Hall–Kier alpha value is -1.43. The maximum absolute atomic E-state index is 11.1. The molecule has 2 N–H and O–H groups in total. The van der Waals surface area contributed by atoms with Crippen LogP contribution in [0.2, 0.25) is 0 Å². The van der Waals surface area contributed by atoms with Crippen LogP contribution in [0.3, 0.4) is 0 Å². The summed E-state index contributed by atoms with van der Waals surface area (Å²) in [6, 6.07) is -0.370. The Morgan fingerprint density at radius 2 is 2.14 bits per heavy atom. The van der Waals surface area contributed by atoms with Gasteiger partial charge in [-0.15, -0.1) is 0 Å². The van der Waals surface area contributed by atoms with E-state index in [-0.39, 0.29) is 12.0 Å². The lowest BCUT2D eigenvalue weighted by molar-refractivity contribution is 0.255. The van der Waals surface area contributed by atoms with Gasteiger partial charge in [0.25, 0.3) is 0 Å². The first kappa shape index (κ1) is 10.6. The summed E-state index contributed by atoms with van der Waals surface area (Å²) >= 11 is 3.19. The first-order chi connectivity index (χ1) is 6.72. The molecule has 0 saturated heterocycles. The number of rotatable bonds is 2. The van der Waals surface area contributed by atoms with Gasteiger partial charge < -0.3 is 5.32 Å². The zero-order chi connectivity index (χ0) is 10.4. The normalized spacial score (nSPS) is 10.1. The van der Waals surface area contributed by atoms with Crippen LogP contribution in [0.1, 0.15) is 6.92 Å². The lowest BCUT2D eigenvalue weighted by atomic mass is 10.6. The van der Waals surface area contributed by atoms with Gasteiger partial charge in [0.15, 0.2) is 0 Å². The summed E-state index contributed by atoms with van der Waals surface area (Å²) in [7, 11) is 0. The molecule has 0 saturated carbocycles. The highest BCUT2D eigenvalue weighted by molar-refractivity contribution is 9.10. The van der Waals surface area contributed by atoms with E-state index in [1.165, 1.54) is 6.20 Å². The van der Waals surface area contributed by atoms with Crippen LogP contribution in [0.5, 0.6) is 0 Å². The Balaban J connectivity index is 2.52. The number of amides is 2. The first-order valence-electron chi connectivity index (χ1n) is 3.88. The van der Waals surface area contributed by atoms with Gasteiger partial charge in [-0.25, -0.2) is 14.8 Å². The van der Waals surface area contributed by atoms with Crippen molar-refractivity contribution in [1.29, 1.82) is 0 Å². The molecule has 1 rings (SSSR count). The van der Waals surface area contributed by atoms with Crippen molar-refractivity contribution in [2.24, 2.45) is 0 Å². The summed E-state index contributed by atoms with van der Waals surface area (Å²) < 4.78 is 0.761. The van der Waals surface area contributed by atoms with Crippen LogP contribution in [0.4, 0.5) is 10.7 Å². The zero-order valence-corrected chi connectivity index (χ0v) is 9.08. The van der Waals surface area contributed by atoms with Crippen molar-refractivity contribution in [1.82, 2.24) is 15.3 Å². The van der Waals surface area contributed by atoms with Crippen molar-refractivity contribution in [3.63, 3.8) is 0 Å². The van der Waals surface area contributed by atoms with E-state index in [4.69, 9.17) is 0 Å². The van der Waals surface area contributed by atoms with Gasteiger partial charge in [-0.3, -0.25) is 5.32 Å². The van der Waals surface area contributed by atoms with Crippen molar-refractivity contribution in [2.75, 3.05) is 5.32 Å². The number of carbonyl (C=O) groups excluding carboxylic acids is 1. The lowest BCUT2D eigenvalue weighted by Crippen LogP contribution is -2.24. The van der Waals surface area contributed by atoms with Crippen molar-refractivity contribution in [2.45, 2.75) is 6.92 Å². The summed E-state index contributed by atoms with van der Waals surface area (Å²) in [6.45, 7) is 1.80. The van der Waals surface area contributed by atoms with E-state index in [1.54, 1.807) is 25.4 Å². The number of carbonyl (C=O) groups is 1. The summed E-state index contributed by atoms with van der Waals surface area (Å²) in [4.78, 5) is 18.8. The second-order valence-electron chi connectivity index (χ2n) is 2.32. The molecule has 1 aromatic rings. The second kappa shape index (κ2) is 5.33. The SMILES string of the molecule is C/C=C/NC(=O)Nc1ncc(Br)cn1. The number of hydrogen-bond acceptors (Lipinski definition) is 3. The van der Waals surface area contributed by atoms with Crippen LogP contribution in [-0.2, 0) is 0 Å². The fraction of sp³-hybridized carbons (Fsp3) is 0.125. The maximum Gasteiger partial charge on any atom is 0.325 e. The maximum atomic E-state index is 11.1. The molecule has 0 spiro atoms. The van der Waals surface area contributed by atoms with Crippen molar-refractivity contribution < 1.29 is 4.79 Å². The van der Waals surface area contributed by atoms with E-state index >= 15 is 0 Å². The molecule has 1 aromatic heterocycles. The highest BCUT2D eigenvalue weighted by Crippen LogP contribution is 2.06. The number of allylic oxidation sites excluding steroid dienone is 1. The Kier molecular flexibility index (Phi) is 4.06. The largest absolute Gasteiger partial charge is 0.325 e. The molecule has 1 heterocycles. The van der Waals surface area contributed by atoms with Gasteiger partial charge in [-0.05, 0) is 22.9 Å². The Labute approximate surface area is 89.8 Å². The molecule has 0 fully saturated rings. The van der Waals surface area contributed by atoms with Crippen LogP contribution < -0.4 is 10.6 Å². The molecule has 0 aliphatic rings. The number of aromatic nitrogens is 2. The molecule has 14 heavy (non-hydrogen) atoms. The average molecular weight is 257 g/mol. The minimum absolute atomic E-state index is 0.259. The third-order valence-corrected chi connectivity index (χ3v) is 1.64. The second-order valence-corrected chi connectivity index (χ2v) is 3.24. The Morgan fingerprint density at radius 3 is 2.71 bits per heavy atom. The quantitative estimate of drug-likeness (QED) is 0.850. The summed E-state index contributed by atoms with van der Waals surface area (Å²) in [6.07, 6.45) is 6.34. The van der Waals surface area contributed by atoms with Crippen molar-refractivity contribution in [3.05, 3.63) is 29.1 Å². The molecule has 6 heteroatoms. The minimum Gasteiger partial charge on any atom is -0.315 e. The highest BCUT2D eigenvalue weighted by Gasteiger charge is 2.00. The number of halogens is 1. The third-order valence-electron chi connectivity index (χ3n) is 1.23. The van der Waals surface area contributed by atoms with Crippen molar-refractivity contribution in [3.8, 4) is 0 Å². The standard InChI is InChI=1S/C8H9BrN4O/c1-2-3-10-8(14)13-7-11-4-6(9)5-12-7/h2-5H,1H3,(H2,10,11,12,13,14)/b3-2+. The Morgan fingerprint density at radius 1 is 1.50 bits per heavy atom. The van der Waals surface area contributed by atoms with Gasteiger partial charge in [-0.1, -0.05) is 6.08 Å². The smallest absolute Gasteiger partial charge is 0.315 e. The molecule has 0 aliphatic carbocycles. The zero-order valence-electron chi connectivity index (χ0n) is 7.49. The van der Waals surface area contributed by atoms with E-state index in [1.807, 2.05) is 0 Å². The molecule has 0 atom stereocenters. The fourth-order valence-corrected chi connectivity index (χ4v) is 0.878. The first-order valence-corrected chi connectivity index (χ1v) is 4.68. The van der Waals surface area contributed by atoms with E-state index in [0.29, 0.717) is 0 Å². The van der Waals surface area contributed by atoms with Gasteiger partial charge in [0.1, 0.15) is 0 Å². The van der Waals surface area contributed by atoms with Gasteiger partial charge >= 0.3 is 6.03 Å². The van der Waals surface area contributed by atoms with Crippen LogP contribution in [0.15, 0.2) is 29.1 Å². The lowest BCUT2D eigenvalue weighted by Gasteiger charge is -2.01.